The predicted molar refractivity (Wildman–Crippen MR) is 81.1 cm³/mol. The van der Waals surface area contributed by atoms with Gasteiger partial charge in [-0.15, -0.1) is 0 Å². The molecule has 0 aliphatic rings. The molecule has 19 heavy (non-hydrogen) atoms. The van der Waals surface area contributed by atoms with Crippen LogP contribution in [-0.4, -0.2) is 16.3 Å². The van der Waals surface area contributed by atoms with Crippen molar-refractivity contribution >= 4 is 10.9 Å². The van der Waals surface area contributed by atoms with Crippen molar-refractivity contribution in [2.45, 2.75) is 39.7 Å². The van der Waals surface area contributed by atoms with E-state index in [0.717, 1.165) is 24.7 Å². The van der Waals surface area contributed by atoms with E-state index in [2.05, 4.69) is 48.5 Å². The van der Waals surface area contributed by atoms with Crippen molar-refractivity contribution in [3.63, 3.8) is 0 Å². The Hall–Kier alpha value is -1.35. The van der Waals surface area contributed by atoms with Gasteiger partial charge in [-0.2, -0.15) is 5.10 Å². The molecule has 0 spiro atoms. The normalized spacial score (nSPS) is 11.6. The summed E-state index contributed by atoms with van der Waals surface area (Å²) < 4.78 is 1.96. The zero-order valence-electron chi connectivity index (χ0n) is 12.3. The summed E-state index contributed by atoms with van der Waals surface area (Å²) in [4.78, 5) is 0. The minimum Gasteiger partial charge on any atom is -0.311 e. The fourth-order valence-electron chi connectivity index (χ4n) is 2.43. The standard InChI is InChI=1S/C16H25N3/c1-13(2)8-6-7-11-17-12-15-14-9-4-5-10-16(14)19(3)18-15/h4-5,9-10,13,17H,6-8,11-12H2,1-3H3. The maximum absolute atomic E-state index is 4.59. The van der Waals surface area contributed by atoms with Crippen molar-refractivity contribution in [3.8, 4) is 0 Å². The fourth-order valence-corrected chi connectivity index (χ4v) is 2.43. The van der Waals surface area contributed by atoms with Crippen LogP contribution in [0, 0.1) is 5.92 Å². The van der Waals surface area contributed by atoms with Gasteiger partial charge in [0, 0.05) is 19.0 Å². The van der Waals surface area contributed by atoms with Crippen LogP contribution in [0.5, 0.6) is 0 Å². The lowest BCUT2D eigenvalue weighted by atomic mass is 10.1. The van der Waals surface area contributed by atoms with E-state index < -0.39 is 0 Å². The molecule has 1 heterocycles. The number of aryl methyl sites for hydroxylation is 1. The predicted octanol–water partition coefficient (Wildman–Crippen LogP) is 3.49. The lowest BCUT2D eigenvalue weighted by Crippen LogP contribution is -2.15. The summed E-state index contributed by atoms with van der Waals surface area (Å²) in [5.41, 5.74) is 2.36. The Bertz CT molecular complexity index is 514. The van der Waals surface area contributed by atoms with E-state index in [-0.39, 0.29) is 0 Å². The Labute approximate surface area is 116 Å². The summed E-state index contributed by atoms with van der Waals surface area (Å²) in [5.74, 6) is 0.819. The molecule has 0 aliphatic heterocycles. The largest absolute Gasteiger partial charge is 0.311 e. The second-order valence-corrected chi connectivity index (χ2v) is 5.65. The van der Waals surface area contributed by atoms with Crippen LogP contribution in [0.2, 0.25) is 0 Å². The highest BCUT2D eigenvalue weighted by Crippen LogP contribution is 2.17. The number of hydrogen-bond donors (Lipinski definition) is 1. The van der Waals surface area contributed by atoms with Crippen molar-refractivity contribution in [2.75, 3.05) is 6.54 Å². The Balaban J connectivity index is 1.82. The van der Waals surface area contributed by atoms with Gasteiger partial charge in [0.25, 0.3) is 0 Å². The van der Waals surface area contributed by atoms with Gasteiger partial charge in [0.2, 0.25) is 0 Å². The lowest BCUT2D eigenvalue weighted by Gasteiger charge is -2.05. The van der Waals surface area contributed by atoms with E-state index in [4.69, 9.17) is 0 Å². The van der Waals surface area contributed by atoms with Gasteiger partial charge >= 0.3 is 0 Å². The molecule has 0 fully saturated rings. The topological polar surface area (TPSA) is 29.9 Å². The molecule has 0 radical (unpaired) electrons. The quantitative estimate of drug-likeness (QED) is 0.771. The third kappa shape index (κ3) is 3.80. The van der Waals surface area contributed by atoms with Gasteiger partial charge in [-0.3, -0.25) is 4.68 Å². The molecule has 0 aliphatic carbocycles. The number of fused-ring (bicyclic) bond motifs is 1. The molecule has 1 N–H and O–H groups in total. The van der Waals surface area contributed by atoms with Gasteiger partial charge in [0.05, 0.1) is 11.2 Å². The first-order chi connectivity index (χ1) is 9.18. The van der Waals surface area contributed by atoms with Crippen LogP contribution in [0.4, 0.5) is 0 Å². The molecule has 2 aromatic rings. The number of para-hydroxylation sites is 1. The van der Waals surface area contributed by atoms with Gasteiger partial charge in [-0.1, -0.05) is 44.9 Å². The zero-order valence-corrected chi connectivity index (χ0v) is 12.3. The minimum absolute atomic E-state index is 0.819. The first kappa shape index (κ1) is 14.1. The molecular formula is C16H25N3. The molecular weight excluding hydrogens is 234 g/mol. The van der Waals surface area contributed by atoms with Gasteiger partial charge in [0.15, 0.2) is 0 Å². The van der Waals surface area contributed by atoms with Crippen LogP contribution in [0.25, 0.3) is 10.9 Å². The van der Waals surface area contributed by atoms with Crippen molar-refractivity contribution < 1.29 is 0 Å². The molecule has 104 valence electrons. The van der Waals surface area contributed by atoms with E-state index in [1.807, 2.05) is 11.7 Å². The summed E-state index contributed by atoms with van der Waals surface area (Å²) in [5, 5.41) is 9.36. The summed E-state index contributed by atoms with van der Waals surface area (Å²) in [6.45, 7) is 6.52. The van der Waals surface area contributed by atoms with E-state index in [0.29, 0.717) is 0 Å². The second-order valence-electron chi connectivity index (χ2n) is 5.65. The van der Waals surface area contributed by atoms with Gasteiger partial charge in [-0.25, -0.2) is 0 Å². The Morgan fingerprint density at radius 2 is 2.00 bits per heavy atom. The number of aromatic nitrogens is 2. The Kier molecular flexibility index (Phi) is 4.97. The molecule has 0 bridgehead atoms. The first-order valence-corrected chi connectivity index (χ1v) is 7.30. The molecule has 0 unspecified atom stereocenters. The lowest BCUT2D eigenvalue weighted by molar-refractivity contribution is 0.519. The molecule has 1 aromatic heterocycles. The molecule has 1 aromatic carbocycles. The Morgan fingerprint density at radius 1 is 1.21 bits per heavy atom. The summed E-state index contributed by atoms with van der Waals surface area (Å²) in [7, 11) is 2.01. The monoisotopic (exact) mass is 259 g/mol. The summed E-state index contributed by atoms with van der Waals surface area (Å²) in [6, 6.07) is 8.41. The highest BCUT2D eigenvalue weighted by Gasteiger charge is 2.06. The third-order valence-electron chi connectivity index (χ3n) is 3.51. The van der Waals surface area contributed by atoms with Crippen molar-refractivity contribution in [1.82, 2.24) is 15.1 Å². The van der Waals surface area contributed by atoms with Gasteiger partial charge in [-0.05, 0) is 24.9 Å². The smallest absolute Gasteiger partial charge is 0.0841 e. The number of rotatable bonds is 7. The van der Waals surface area contributed by atoms with Crippen LogP contribution >= 0.6 is 0 Å². The molecule has 3 nitrogen and oxygen atoms in total. The van der Waals surface area contributed by atoms with Crippen molar-refractivity contribution in [1.29, 1.82) is 0 Å². The molecule has 0 saturated carbocycles. The molecule has 0 amide bonds. The van der Waals surface area contributed by atoms with Crippen molar-refractivity contribution in [3.05, 3.63) is 30.0 Å². The third-order valence-corrected chi connectivity index (χ3v) is 3.51. The number of nitrogens with zero attached hydrogens (tertiary/aromatic N) is 2. The highest BCUT2D eigenvalue weighted by molar-refractivity contribution is 5.81. The van der Waals surface area contributed by atoms with Crippen molar-refractivity contribution in [2.24, 2.45) is 13.0 Å². The molecule has 2 rings (SSSR count). The number of nitrogens with one attached hydrogen (secondary N) is 1. The second kappa shape index (κ2) is 6.71. The van der Waals surface area contributed by atoms with E-state index in [1.54, 1.807) is 0 Å². The van der Waals surface area contributed by atoms with E-state index in [1.165, 1.54) is 30.2 Å². The Morgan fingerprint density at radius 3 is 2.79 bits per heavy atom. The van der Waals surface area contributed by atoms with Gasteiger partial charge in [0.1, 0.15) is 0 Å². The number of hydrogen-bond acceptors (Lipinski definition) is 2. The molecule has 0 atom stereocenters. The van der Waals surface area contributed by atoms with Crippen LogP contribution in [-0.2, 0) is 13.6 Å². The summed E-state index contributed by atoms with van der Waals surface area (Å²) in [6.07, 6.45) is 3.89. The van der Waals surface area contributed by atoms with Gasteiger partial charge < -0.3 is 5.32 Å². The van der Waals surface area contributed by atoms with Crippen LogP contribution < -0.4 is 5.32 Å². The molecule has 0 saturated heterocycles. The molecule has 3 heteroatoms. The zero-order chi connectivity index (χ0) is 13.7. The van der Waals surface area contributed by atoms with Crippen LogP contribution in [0.3, 0.4) is 0 Å². The number of benzene rings is 1. The number of unbranched alkanes of at least 4 members (excludes halogenated alkanes) is 1. The SMILES string of the molecule is CC(C)CCCCNCc1nn(C)c2ccccc12. The average molecular weight is 259 g/mol. The maximum Gasteiger partial charge on any atom is 0.0841 e. The van der Waals surface area contributed by atoms with Crippen LogP contribution in [0.1, 0.15) is 38.8 Å². The first-order valence-electron chi connectivity index (χ1n) is 7.30. The summed E-state index contributed by atoms with van der Waals surface area (Å²) >= 11 is 0. The fraction of sp³-hybridized carbons (Fsp3) is 0.562. The average Bonchev–Trinajstić information content (AvgIpc) is 2.71. The van der Waals surface area contributed by atoms with E-state index in [9.17, 15) is 0 Å². The highest BCUT2D eigenvalue weighted by atomic mass is 15.3. The maximum atomic E-state index is 4.59. The van der Waals surface area contributed by atoms with Crippen LogP contribution in [0.15, 0.2) is 24.3 Å². The van der Waals surface area contributed by atoms with E-state index >= 15 is 0 Å². The minimum atomic E-state index is 0.819.